The second kappa shape index (κ2) is 4.86. The fourth-order valence-corrected chi connectivity index (χ4v) is 1.65. The molecule has 0 saturated heterocycles. The smallest absolute Gasteiger partial charge is 0.133 e. The second-order valence-electron chi connectivity index (χ2n) is 3.47. The van der Waals surface area contributed by atoms with Gasteiger partial charge in [0, 0.05) is 18.9 Å². The Kier molecular flexibility index (Phi) is 3.28. The number of imidazole rings is 1. The van der Waals surface area contributed by atoms with Crippen molar-refractivity contribution in [1.82, 2.24) is 30.4 Å². The number of nitrogens with two attached hydrogens (primary N) is 1. The number of aromatic amines is 1. The maximum Gasteiger partial charge on any atom is 0.133 e. The number of aromatic nitrogens is 5. The SMILES string of the molecule is CCCn1ccnc1C(NN)c1cn[nH]n1. The van der Waals surface area contributed by atoms with Gasteiger partial charge in [0.25, 0.3) is 0 Å². The molecule has 0 aliphatic heterocycles. The van der Waals surface area contributed by atoms with Gasteiger partial charge in [0.2, 0.25) is 0 Å². The maximum absolute atomic E-state index is 5.54. The number of nitrogens with one attached hydrogen (secondary N) is 2. The topological polar surface area (TPSA) is 97.4 Å². The molecule has 7 nitrogen and oxygen atoms in total. The van der Waals surface area contributed by atoms with E-state index in [-0.39, 0.29) is 6.04 Å². The molecular formula is C9H15N7. The summed E-state index contributed by atoms with van der Waals surface area (Å²) in [6.45, 7) is 3.02. The van der Waals surface area contributed by atoms with Crippen LogP contribution in [0.2, 0.25) is 0 Å². The Hall–Kier alpha value is -1.73. The third-order valence-electron chi connectivity index (χ3n) is 2.37. The highest BCUT2D eigenvalue weighted by Crippen LogP contribution is 2.16. The molecule has 16 heavy (non-hydrogen) atoms. The van der Waals surface area contributed by atoms with E-state index in [1.165, 1.54) is 0 Å². The molecular weight excluding hydrogens is 206 g/mol. The minimum Gasteiger partial charge on any atom is -0.333 e. The van der Waals surface area contributed by atoms with E-state index in [4.69, 9.17) is 5.84 Å². The molecule has 0 fully saturated rings. The van der Waals surface area contributed by atoms with E-state index in [0.29, 0.717) is 0 Å². The van der Waals surface area contributed by atoms with Gasteiger partial charge in [0.1, 0.15) is 17.6 Å². The van der Waals surface area contributed by atoms with E-state index >= 15 is 0 Å². The average molecular weight is 221 g/mol. The molecule has 0 bridgehead atoms. The van der Waals surface area contributed by atoms with Crippen LogP contribution >= 0.6 is 0 Å². The van der Waals surface area contributed by atoms with Crippen LogP contribution in [0.25, 0.3) is 0 Å². The molecule has 2 aromatic rings. The quantitative estimate of drug-likeness (QED) is 0.486. The van der Waals surface area contributed by atoms with Crippen LogP contribution in [0, 0.1) is 0 Å². The van der Waals surface area contributed by atoms with Gasteiger partial charge in [-0.3, -0.25) is 5.84 Å². The second-order valence-corrected chi connectivity index (χ2v) is 3.47. The van der Waals surface area contributed by atoms with Crippen LogP contribution in [0.4, 0.5) is 0 Å². The molecule has 0 aliphatic carbocycles. The molecule has 0 spiro atoms. The minimum atomic E-state index is -0.236. The Bertz CT molecular complexity index is 419. The summed E-state index contributed by atoms with van der Waals surface area (Å²) in [7, 11) is 0. The maximum atomic E-state index is 5.54. The van der Waals surface area contributed by atoms with Gasteiger partial charge in [0.05, 0.1) is 6.20 Å². The van der Waals surface area contributed by atoms with E-state index in [1.807, 2.05) is 6.20 Å². The Balaban J connectivity index is 2.30. The highest BCUT2D eigenvalue weighted by atomic mass is 15.3. The minimum absolute atomic E-state index is 0.236. The van der Waals surface area contributed by atoms with Gasteiger partial charge in [-0.2, -0.15) is 15.4 Å². The van der Waals surface area contributed by atoms with Crippen molar-refractivity contribution in [2.75, 3.05) is 0 Å². The summed E-state index contributed by atoms with van der Waals surface area (Å²) in [5.74, 6) is 6.38. The normalized spacial score (nSPS) is 12.9. The molecule has 1 unspecified atom stereocenters. The van der Waals surface area contributed by atoms with Crippen LogP contribution < -0.4 is 11.3 Å². The lowest BCUT2D eigenvalue weighted by molar-refractivity contribution is 0.535. The number of rotatable bonds is 5. The van der Waals surface area contributed by atoms with Crippen molar-refractivity contribution in [2.45, 2.75) is 25.9 Å². The van der Waals surface area contributed by atoms with Crippen LogP contribution in [0.5, 0.6) is 0 Å². The van der Waals surface area contributed by atoms with Crippen LogP contribution in [-0.2, 0) is 6.54 Å². The number of hydrogen-bond acceptors (Lipinski definition) is 5. The number of hydrazine groups is 1. The zero-order chi connectivity index (χ0) is 11.4. The first kappa shape index (κ1) is 10.8. The standard InChI is InChI=1S/C9H15N7/c1-2-4-16-5-3-11-9(16)8(13-10)7-6-12-15-14-7/h3,5-6,8,13H,2,4,10H2,1H3,(H,12,14,15). The Morgan fingerprint density at radius 1 is 1.62 bits per heavy atom. The summed E-state index contributed by atoms with van der Waals surface area (Å²) in [6.07, 6.45) is 6.37. The first-order valence-corrected chi connectivity index (χ1v) is 5.19. The molecule has 0 aliphatic rings. The van der Waals surface area contributed by atoms with Crippen LogP contribution in [0.1, 0.15) is 30.9 Å². The van der Waals surface area contributed by atoms with Crippen LogP contribution in [0.3, 0.4) is 0 Å². The number of hydrogen-bond donors (Lipinski definition) is 3. The van der Waals surface area contributed by atoms with Gasteiger partial charge in [0.15, 0.2) is 0 Å². The number of H-pyrrole nitrogens is 1. The van der Waals surface area contributed by atoms with Crippen molar-refractivity contribution in [3.8, 4) is 0 Å². The molecule has 0 aromatic carbocycles. The van der Waals surface area contributed by atoms with Crippen LogP contribution in [-0.4, -0.2) is 25.0 Å². The van der Waals surface area contributed by atoms with Gasteiger partial charge in [-0.15, -0.1) is 0 Å². The third-order valence-corrected chi connectivity index (χ3v) is 2.37. The first-order chi connectivity index (χ1) is 7.86. The van der Waals surface area contributed by atoms with E-state index in [9.17, 15) is 0 Å². The van der Waals surface area contributed by atoms with Crippen molar-refractivity contribution in [1.29, 1.82) is 0 Å². The zero-order valence-electron chi connectivity index (χ0n) is 9.09. The zero-order valence-corrected chi connectivity index (χ0v) is 9.09. The van der Waals surface area contributed by atoms with Crippen molar-refractivity contribution < 1.29 is 0 Å². The van der Waals surface area contributed by atoms with Crippen molar-refractivity contribution >= 4 is 0 Å². The first-order valence-electron chi connectivity index (χ1n) is 5.19. The molecule has 4 N–H and O–H groups in total. The average Bonchev–Trinajstić information content (AvgIpc) is 2.92. The van der Waals surface area contributed by atoms with E-state index < -0.39 is 0 Å². The molecule has 0 saturated carbocycles. The predicted molar refractivity (Wildman–Crippen MR) is 58.1 cm³/mol. The van der Waals surface area contributed by atoms with Crippen molar-refractivity contribution in [3.63, 3.8) is 0 Å². The van der Waals surface area contributed by atoms with Gasteiger partial charge >= 0.3 is 0 Å². The predicted octanol–water partition coefficient (Wildman–Crippen LogP) is -0.0361. The highest BCUT2D eigenvalue weighted by Gasteiger charge is 2.19. The lowest BCUT2D eigenvalue weighted by Crippen LogP contribution is -2.31. The summed E-state index contributed by atoms with van der Waals surface area (Å²) < 4.78 is 2.05. The van der Waals surface area contributed by atoms with Gasteiger partial charge < -0.3 is 4.57 Å². The summed E-state index contributed by atoms with van der Waals surface area (Å²) in [5.41, 5.74) is 3.43. The van der Waals surface area contributed by atoms with Gasteiger partial charge in [-0.05, 0) is 6.42 Å². The summed E-state index contributed by atoms with van der Waals surface area (Å²) >= 11 is 0. The van der Waals surface area contributed by atoms with E-state index in [1.54, 1.807) is 12.4 Å². The molecule has 86 valence electrons. The summed E-state index contributed by atoms with van der Waals surface area (Å²) in [4.78, 5) is 4.30. The highest BCUT2D eigenvalue weighted by molar-refractivity contribution is 5.13. The van der Waals surface area contributed by atoms with Gasteiger partial charge in [-0.25, -0.2) is 10.4 Å². The van der Waals surface area contributed by atoms with Crippen LogP contribution in [0.15, 0.2) is 18.6 Å². The summed E-state index contributed by atoms with van der Waals surface area (Å²) in [5, 5.41) is 10.3. The third kappa shape index (κ3) is 1.95. The lowest BCUT2D eigenvalue weighted by atomic mass is 10.2. The number of aryl methyl sites for hydroxylation is 1. The molecule has 2 aromatic heterocycles. The Morgan fingerprint density at radius 2 is 2.50 bits per heavy atom. The fraction of sp³-hybridized carbons (Fsp3) is 0.444. The molecule has 1 atom stereocenters. The van der Waals surface area contributed by atoms with Crippen molar-refractivity contribution in [2.24, 2.45) is 5.84 Å². The van der Waals surface area contributed by atoms with E-state index in [0.717, 1.165) is 24.5 Å². The summed E-state index contributed by atoms with van der Waals surface area (Å²) in [6, 6.07) is -0.236. The molecule has 0 amide bonds. The number of nitrogens with zero attached hydrogens (tertiary/aromatic N) is 4. The molecule has 2 rings (SSSR count). The molecule has 0 radical (unpaired) electrons. The van der Waals surface area contributed by atoms with E-state index in [2.05, 4.69) is 37.3 Å². The molecule has 7 heteroatoms. The monoisotopic (exact) mass is 221 g/mol. The molecule has 2 heterocycles. The Morgan fingerprint density at radius 3 is 3.12 bits per heavy atom. The lowest BCUT2D eigenvalue weighted by Gasteiger charge is -2.14. The Labute approximate surface area is 93.0 Å². The van der Waals surface area contributed by atoms with Gasteiger partial charge in [-0.1, -0.05) is 6.92 Å². The fourth-order valence-electron chi connectivity index (χ4n) is 1.65. The van der Waals surface area contributed by atoms with Crippen molar-refractivity contribution in [3.05, 3.63) is 30.1 Å². The largest absolute Gasteiger partial charge is 0.333 e.